The number of methoxy groups -OCH3 is 1. The number of hydrogen-bond acceptors (Lipinski definition) is 4. The van der Waals surface area contributed by atoms with Gasteiger partial charge in [-0.05, 0) is 13.8 Å². The van der Waals surface area contributed by atoms with E-state index < -0.39 is 5.97 Å². The van der Waals surface area contributed by atoms with Gasteiger partial charge in [0.15, 0.2) is 5.69 Å². The second-order valence-electron chi connectivity index (χ2n) is 2.75. The average molecular weight is 195 g/mol. The summed E-state index contributed by atoms with van der Waals surface area (Å²) in [5, 5.41) is 0. The van der Waals surface area contributed by atoms with Crippen molar-refractivity contribution in [2.24, 2.45) is 0 Å². The fraction of sp³-hybridized carbons (Fsp3) is 0.400. The lowest BCUT2D eigenvalue weighted by Gasteiger charge is -2.04. The molecule has 0 aliphatic rings. The summed E-state index contributed by atoms with van der Waals surface area (Å²) in [5.41, 5.74) is 1.01. The average Bonchev–Trinajstić information content (AvgIpc) is 2.17. The van der Waals surface area contributed by atoms with Crippen molar-refractivity contribution in [1.29, 1.82) is 0 Å². The maximum atomic E-state index is 11.3. The summed E-state index contributed by atoms with van der Waals surface area (Å²) in [6, 6.07) is 3.31. The van der Waals surface area contributed by atoms with Crippen LogP contribution < -0.4 is 4.74 Å². The first-order valence-electron chi connectivity index (χ1n) is 4.37. The molecule has 0 atom stereocenters. The standard InChI is InChI=1S/C10H13NO3/c1-4-14-10(12)9-6-8(13-3)5-7(2)11-9/h5-6H,4H2,1-3H3. The fourth-order valence-corrected chi connectivity index (χ4v) is 1.06. The van der Waals surface area contributed by atoms with Gasteiger partial charge in [0, 0.05) is 17.8 Å². The van der Waals surface area contributed by atoms with Crippen LogP contribution in [0.3, 0.4) is 0 Å². The number of carbonyl (C=O) groups is 1. The van der Waals surface area contributed by atoms with E-state index in [1.54, 1.807) is 33.1 Å². The highest BCUT2D eigenvalue weighted by molar-refractivity contribution is 5.87. The lowest BCUT2D eigenvalue weighted by Crippen LogP contribution is -2.08. The van der Waals surface area contributed by atoms with Crippen LogP contribution in [0.15, 0.2) is 12.1 Å². The van der Waals surface area contributed by atoms with E-state index in [2.05, 4.69) is 4.98 Å². The second kappa shape index (κ2) is 4.60. The van der Waals surface area contributed by atoms with Crippen molar-refractivity contribution in [3.8, 4) is 5.75 Å². The first-order chi connectivity index (χ1) is 6.67. The molecule has 0 saturated heterocycles. The van der Waals surface area contributed by atoms with Gasteiger partial charge in [0.25, 0.3) is 0 Å². The Kier molecular flexibility index (Phi) is 3.45. The molecule has 0 unspecified atom stereocenters. The first-order valence-corrected chi connectivity index (χ1v) is 4.37. The molecule has 1 heterocycles. The predicted octanol–water partition coefficient (Wildman–Crippen LogP) is 1.58. The van der Waals surface area contributed by atoms with Crippen LogP contribution in [0.5, 0.6) is 5.75 Å². The minimum absolute atomic E-state index is 0.281. The molecule has 0 N–H and O–H groups in total. The molecule has 0 aliphatic heterocycles. The van der Waals surface area contributed by atoms with E-state index in [9.17, 15) is 4.79 Å². The van der Waals surface area contributed by atoms with Gasteiger partial charge in [0.2, 0.25) is 0 Å². The number of pyridine rings is 1. The molecule has 4 heteroatoms. The third kappa shape index (κ3) is 2.45. The van der Waals surface area contributed by atoms with Crippen molar-refractivity contribution in [2.75, 3.05) is 13.7 Å². The van der Waals surface area contributed by atoms with E-state index in [-0.39, 0.29) is 5.69 Å². The SMILES string of the molecule is CCOC(=O)c1cc(OC)cc(C)n1. The summed E-state index contributed by atoms with van der Waals surface area (Å²) in [4.78, 5) is 15.4. The van der Waals surface area contributed by atoms with Crippen LogP contribution in [-0.2, 0) is 4.74 Å². The Labute approximate surface area is 82.9 Å². The lowest BCUT2D eigenvalue weighted by atomic mass is 10.3. The zero-order valence-electron chi connectivity index (χ0n) is 8.53. The molecule has 0 radical (unpaired) electrons. The van der Waals surface area contributed by atoms with Crippen LogP contribution in [-0.4, -0.2) is 24.7 Å². The van der Waals surface area contributed by atoms with Crippen LogP contribution >= 0.6 is 0 Å². The molecule has 0 amide bonds. The molecule has 0 saturated carbocycles. The second-order valence-corrected chi connectivity index (χ2v) is 2.75. The molecule has 14 heavy (non-hydrogen) atoms. The van der Waals surface area contributed by atoms with Gasteiger partial charge in [-0.2, -0.15) is 0 Å². The molecule has 0 spiro atoms. The molecule has 1 aromatic rings. The zero-order chi connectivity index (χ0) is 10.6. The first kappa shape index (κ1) is 10.5. The monoisotopic (exact) mass is 195 g/mol. The minimum Gasteiger partial charge on any atom is -0.497 e. The van der Waals surface area contributed by atoms with Crippen molar-refractivity contribution in [3.05, 3.63) is 23.5 Å². The zero-order valence-corrected chi connectivity index (χ0v) is 8.53. The maximum absolute atomic E-state index is 11.3. The van der Waals surface area contributed by atoms with E-state index in [1.165, 1.54) is 0 Å². The van der Waals surface area contributed by atoms with E-state index in [0.29, 0.717) is 12.4 Å². The smallest absolute Gasteiger partial charge is 0.357 e. The maximum Gasteiger partial charge on any atom is 0.357 e. The van der Waals surface area contributed by atoms with Crippen LogP contribution in [0.1, 0.15) is 23.1 Å². The highest BCUT2D eigenvalue weighted by Gasteiger charge is 2.10. The summed E-state index contributed by atoms with van der Waals surface area (Å²) in [7, 11) is 1.55. The number of carbonyl (C=O) groups excluding carboxylic acids is 1. The Morgan fingerprint density at radius 2 is 2.21 bits per heavy atom. The van der Waals surface area contributed by atoms with E-state index in [0.717, 1.165) is 5.69 Å². The largest absolute Gasteiger partial charge is 0.497 e. The van der Waals surface area contributed by atoms with Gasteiger partial charge in [0.1, 0.15) is 5.75 Å². The van der Waals surface area contributed by atoms with Crippen molar-refractivity contribution in [1.82, 2.24) is 4.98 Å². The van der Waals surface area contributed by atoms with Gasteiger partial charge >= 0.3 is 5.97 Å². The van der Waals surface area contributed by atoms with Gasteiger partial charge < -0.3 is 9.47 Å². The van der Waals surface area contributed by atoms with E-state index in [1.807, 2.05) is 0 Å². The number of ether oxygens (including phenoxy) is 2. The molecule has 0 aliphatic carbocycles. The number of aryl methyl sites for hydroxylation is 1. The van der Waals surface area contributed by atoms with Gasteiger partial charge in [-0.3, -0.25) is 0 Å². The topological polar surface area (TPSA) is 48.4 Å². The Balaban J connectivity index is 2.96. The Bertz CT molecular complexity index is 336. The van der Waals surface area contributed by atoms with E-state index in [4.69, 9.17) is 9.47 Å². The quantitative estimate of drug-likeness (QED) is 0.687. The van der Waals surface area contributed by atoms with Gasteiger partial charge in [-0.15, -0.1) is 0 Å². The highest BCUT2D eigenvalue weighted by atomic mass is 16.5. The number of nitrogens with zero attached hydrogens (tertiary/aromatic N) is 1. The Morgan fingerprint density at radius 1 is 1.50 bits per heavy atom. The van der Waals surface area contributed by atoms with Gasteiger partial charge in [0.05, 0.1) is 13.7 Å². The number of rotatable bonds is 3. The molecule has 0 aromatic carbocycles. The summed E-state index contributed by atoms with van der Waals surface area (Å²) in [6.45, 7) is 3.90. The van der Waals surface area contributed by atoms with Gasteiger partial charge in [-0.25, -0.2) is 9.78 Å². The van der Waals surface area contributed by atoms with Crippen LogP contribution in [0, 0.1) is 6.92 Å². The third-order valence-electron chi connectivity index (χ3n) is 1.65. The summed E-state index contributed by atoms with van der Waals surface area (Å²) in [6.07, 6.45) is 0. The molecule has 1 rings (SSSR count). The predicted molar refractivity (Wildman–Crippen MR) is 51.5 cm³/mol. The molecular weight excluding hydrogens is 182 g/mol. The van der Waals surface area contributed by atoms with Crippen LogP contribution in [0.4, 0.5) is 0 Å². The van der Waals surface area contributed by atoms with Crippen molar-refractivity contribution in [2.45, 2.75) is 13.8 Å². The molecule has 76 valence electrons. The molecule has 0 fully saturated rings. The summed E-state index contributed by atoms with van der Waals surface area (Å²) >= 11 is 0. The summed E-state index contributed by atoms with van der Waals surface area (Å²) in [5.74, 6) is 0.190. The molecule has 1 aromatic heterocycles. The van der Waals surface area contributed by atoms with E-state index >= 15 is 0 Å². The molecular formula is C10H13NO3. The fourth-order valence-electron chi connectivity index (χ4n) is 1.06. The number of aromatic nitrogens is 1. The van der Waals surface area contributed by atoms with Crippen molar-refractivity contribution in [3.63, 3.8) is 0 Å². The molecule has 0 bridgehead atoms. The van der Waals surface area contributed by atoms with Crippen molar-refractivity contribution < 1.29 is 14.3 Å². The van der Waals surface area contributed by atoms with Crippen molar-refractivity contribution >= 4 is 5.97 Å². The number of hydrogen-bond donors (Lipinski definition) is 0. The Morgan fingerprint density at radius 3 is 2.79 bits per heavy atom. The normalized spacial score (nSPS) is 9.64. The lowest BCUT2D eigenvalue weighted by molar-refractivity contribution is 0.0518. The minimum atomic E-state index is -0.422. The summed E-state index contributed by atoms with van der Waals surface area (Å²) < 4.78 is 9.84. The van der Waals surface area contributed by atoms with Gasteiger partial charge in [-0.1, -0.05) is 0 Å². The molecule has 4 nitrogen and oxygen atoms in total. The third-order valence-corrected chi connectivity index (χ3v) is 1.65. The number of esters is 1. The van der Waals surface area contributed by atoms with Crippen LogP contribution in [0.25, 0.3) is 0 Å². The van der Waals surface area contributed by atoms with Crippen LogP contribution in [0.2, 0.25) is 0 Å². The Hall–Kier alpha value is -1.58. The highest BCUT2D eigenvalue weighted by Crippen LogP contribution is 2.13.